The van der Waals surface area contributed by atoms with Crippen molar-refractivity contribution in [1.82, 2.24) is 0 Å². The number of rotatable bonds is 2. The minimum Gasteiger partial charge on any atom is -0.469 e. The predicted octanol–water partition coefficient (Wildman–Crippen LogP) is 3.41. The maximum Gasteiger partial charge on any atom is 0.228 e. The fourth-order valence-electron chi connectivity index (χ4n) is 2.20. The average molecular weight is 262 g/mol. The van der Waals surface area contributed by atoms with E-state index in [1.54, 1.807) is 6.26 Å². The van der Waals surface area contributed by atoms with Crippen LogP contribution in [0.4, 0.5) is 5.69 Å². The van der Waals surface area contributed by atoms with Crippen LogP contribution in [0.25, 0.3) is 0 Å². The molecule has 1 aliphatic rings. The van der Waals surface area contributed by atoms with Gasteiger partial charge in [-0.15, -0.1) is 11.6 Å². The van der Waals surface area contributed by atoms with Crippen molar-refractivity contribution < 1.29 is 9.21 Å². The van der Waals surface area contributed by atoms with Crippen LogP contribution in [0.5, 0.6) is 0 Å². The van der Waals surface area contributed by atoms with Crippen LogP contribution in [0.1, 0.15) is 27.8 Å². The molecule has 0 saturated heterocycles. The largest absolute Gasteiger partial charge is 0.469 e. The standard InChI is InChI=1S/C14H12ClNO2/c1-8-4-11(7-18-8)14(15)9-2-3-12-10(5-9)6-13(17)16-12/h2-5,7,14H,6H2,1H3,(H,16,17). The van der Waals surface area contributed by atoms with Crippen molar-refractivity contribution in [2.75, 3.05) is 5.32 Å². The molecule has 1 atom stereocenters. The summed E-state index contributed by atoms with van der Waals surface area (Å²) in [6.07, 6.45) is 2.10. The van der Waals surface area contributed by atoms with E-state index >= 15 is 0 Å². The molecule has 0 radical (unpaired) electrons. The molecule has 2 aromatic rings. The molecule has 0 fully saturated rings. The average Bonchev–Trinajstić information content (AvgIpc) is 2.92. The predicted molar refractivity (Wildman–Crippen MR) is 69.9 cm³/mol. The number of aryl methyl sites for hydroxylation is 1. The van der Waals surface area contributed by atoms with Crippen LogP contribution in [-0.4, -0.2) is 5.91 Å². The van der Waals surface area contributed by atoms with Gasteiger partial charge >= 0.3 is 0 Å². The van der Waals surface area contributed by atoms with Gasteiger partial charge in [-0.3, -0.25) is 4.79 Å². The number of benzene rings is 1. The number of furan rings is 1. The molecular weight excluding hydrogens is 250 g/mol. The van der Waals surface area contributed by atoms with E-state index in [9.17, 15) is 4.79 Å². The number of fused-ring (bicyclic) bond motifs is 1. The number of carbonyl (C=O) groups is 1. The lowest BCUT2D eigenvalue weighted by atomic mass is 10.0. The zero-order valence-corrected chi connectivity index (χ0v) is 10.6. The Kier molecular flexibility index (Phi) is 2.63. The molecule has 92 valence electrons. The van der Waals surface area contributed by atoms with Crippen molar-refractivity contribution >= 4 is 23.2 Å². The van der Waals surface area contributed by atoms with E-state index in [-0.39, 0.29) is 11.3 Å². The van der Waals surface area contributed by atoms with E-state index in [1.165, 1.54) is 0 Å². The normalized spacial score (nSPS) is 15.3. The van der Waals surface area contributed by atoms with E-state index in [2.05, 4.69) is 5.32 Å². The Labute approximate surface area is 110 Å². The Morgan fingerprint density at radius 2 is 2.17 bits per heavy atom. The van der Waals surface area contributed by atoms with Crippen molar-refractivity contribution in [3.8, 4) is 0 Å². The summed E-state index contributed by atoms with van der Waals surface area (Å²) >= 11 is 6.42. The molecule has 1 unspecified atom stereocenters. The summed E-state index contributed by atoms with van der Waals surface area (Å²) in [5, 5.41) is 2.56. The molecule has 4 heteroatoms. The second-order valence-electron chi connectivity index (χ2n) is 4.49. The molecule has 1 N–H and O–H groups in total. The number of hydrogen-bond donors (Lipinski definition) is 1. The third-order valence-corrected chi connectivity index (χ3v) is 3.59. The highest BCUT2D eigenvalue weighted by Gasteiger charge is 2.20. The molecule has 1 aliphatic heterocycles. The summed E-state index contributed by atoms with van der Waals surface area (Å²) in [6.45, 7) is 1.89. The Hall–Kier alpha value is -1.74. The van der Waals surface area contributed by atoms with Gasteiger partial charge in [-0.05, 0) is 30.2 Å². The molecule has 3 rings (SSSR count). The molecule has 0 aliphatic carbocycles. The Morgan fingerprint density at radius 1 is 1.33 bits per heavy atom. The summed E-state index contributed by atoms with van der Waals surface area (Å²) in [7, 11) is 0. The first-order chi connectivity index (χ1) is 8.63. The van der Waals surface area contributed by atoms with E-state index in [0.717, 1.165) is 28.1 Å². The first-order valence-electron chi connectivity index (χ1n) is 5.75. The van der Waals surface area contributed by atoms with Crippen LogP contribution in [-0.2, 0) is 11.2 Å². The quantitative estimate of drug-likeness (QED) is 0.842. The van der Waals surface area contributed by atoms with Gasteiger partial charge in [0.15, 0.2) is 0 Å². The van der Waals surface area contributed by atoms with Gasteiger partial charge in [0.2, 0.25) is 5.91 Å². The zero-order chi connectivity index (χ0) is 12.7. The highest BCUT2D eigenvalue weighted by atomic mass is 35.5. The molecule has 18 heavy (non-hydrogen) atoms. The lowest BCUT2D eigenvalue weighted by molar-refractivity contribution is -0.115. The molecule has 0 spiro atoms. The SMILES string of the molecule is Cc1cc(C(Cl)c2ccc3c(c2)CC(=O)N3)co1. The summed E-state index contributed by atoms with van der Waals surface area (Å²) < 4.78 is 5.27. The van der Waals surface area contributed by atoms with Crippen LogP contribution in [0, 0.1) is 6.92 Å². The lowest BCUT2D eigenvalue weighted by Crippen LogP contribution is -2.03. The van der Waals surface area contributed by atoms with Crippen LogP contribution < -0.4 is 5.32 Å². The number of alkyl halides is 1. The molecule has 1 aromatic heterocycles. The van der Waals surface area contributed by atoms with Crippen molar-refractivity contribution in [3.63, 3.8) is 0 Å². The second-order valence-corrected chi connectivity index (χ2v) is 4.93. The molecule has 1 amide bonds. The fourth-order valence-corrected chi connectivity index (χ4v) is 2.45. The number of hydrogen-bond acceptors (Lipinski definition) is 2. The van der Waals surface area contributed by atoms with E-state index in [4.69, 9.17) is 16.0 Å². The summed E-state index contributed by atoms with van der Waals surface area (Å²) in [5.41, 5.74) is 3.80. The number of amides is 1. The molecule has 0 saturated carbocycles. The number of halogens is 1. The molecule has 1 aromatic carbocycles. The summed E-state index contributed by atoms with van der Waals surface area (Å²) in [5.74, 6) is 0.876. The molecule has 3 nitrogen and oxygen atoms in total. The Morgan fingerprint density at radius 3 is 2.89 bits per heavy atom. The molecule has 0 bridgehead atoms. The van der Waals surface area contributed by atoms with Gasteiger partial charge in [0.25, 0.3) is 0 Å². The summed E-state index contributed by atoms with van der Waals surface area (Å²) in [6, 6.07) is 7.74. The van der Waals surface area contributed by atoms with Gasteiger partial charge in [-0.25, -0.2) is 0 Å². The minimum atomic E-state index is -0.247. The van der Waals surface area contributed by atoms with E-state index < -0.39 is 0 Å². The van der Waals surface area contributed by atoms with E-state index in [1.807, 2.05) is 31.2 Å². The first kappa shape index (κ1) is 11.4. The highest BCUT2D eigenvalue weighted by Crippen LogP contribution is 2.33. The summed E-state index contributed by atoms with van der Waals surface area (Å²) in [4.78, 5) is 11.3. The number of nitrogens with one attached hydrogen (secondary N) is 1. The number of carbonyl (C=O) groups excluding carboxylic acids is 1. The van der Waals surface area contributed by atoms with Gasteiger partial charge in [0, 0.05) is 11.3 Å². The Bertz CT molecular complexity index is 618. The van der Waals surface area contributed by atoms with Gasteiger partial charge in [0.05, 0.1) is 18.1 Å². The smallest absolute Gasteiger partial charge is 0.228 e. The maximum atomic E-state index is 11.3. The lowest BCUT2D eigenvalue weighted by Gasteiger charge is -2.09. The van der Waals surface area contributed by atoms with Crippen molar-refractivity contribution in [3.05, 3.63) is 53.0 Å². The van der Waals surface area contributed by atoms with Gasteiger partial charge in [-0.2, -0.15) is 0 Å². The third-order valence-electron chi connectivity index (χ3n) is 3.09. The first-order valence-corrected chi connectivity index (χ1v) is 6.19. The van der Waals surface area contributed by atoms with Crippen LogP contribution in [0.3, 0.4) is 0 Å². The van der Waals surface area contributed by atoms with Gasteiger partial charge in [-0.1, -0.05) is 12.1 Å². The molecule has 2 heterocycles. The topological polar surface area (TPSA) is 42.2 Å². The van der Waals surface area contributed by atoms with E-state index in [0.29, 0.717) is 6.42 Å². The molecular formula is C14H12ClNO2. The van der Waals surface area contributed by atoms with Crippen LogP contribution in [0.15, 0.2) is 34.9 Å². The van der Waals surface area contributed by atoms with Gasteiger partial charge in [0.1, 0.15) is 5.76 Å². The highest BCUT2D eigenvalue weighted by molar-refractivity contribution is 6.22. The second kappa shape index (κ2) is 4.18. The minimum absolute atomic E-state index is 0.0347. The van der Waals surface area contributed by atoms with Crippen molar-refractivity contribution in [1.29, 1.82) is 0 Å². The van der Waals surface area contributed by atoms with Gasteiger partial charge < -0.3 is 9.73 Å². The van der Waals surface area contributed by atoms with Crippen LogP contribution in [0.2, 0.25) is 0 Å². The van der Waals surface area contributed by atoms with Crippen LogP contribution >= 0.6 is 11.6 Å². The number of anilines is 1. The fraction of sp³-hybridized carbons (Fsp3) is 0.214. The maximum absolute atomic E-state index is 11.3. The monoisotopic (exact) mass is 261 g/mol. The van der Waals surface area contributed by atoms with Crippen molar-refractivity contribution in [2.24, 2.45) is 0 Å². The Balaban J connectivity index is 1.94. The zero-order valence-electron chi connectivity index (χ0n) is 9.87. The van der Waals surface area contributed by atoms with Crippen molar-refractivity contribution in [2.45, 2.75) is 18.7 Å². The third kappa shape index (κ3) is 1.91.